The van der Waals surface area contributed by atoms with E-state index in [-0.39, 0.29) is 44.4 Å². The number of carbonyl (C=O) groups excluding carboxylic acids is 1. The summed E-state index contributed by atoms with van der Waals surface area (Å²) in [5, 5.41) is 11.6. The second-order valence-corrected chi connectivity index (χ2v) is 7.72. The van der Waals surface area contributed by atoms with E-state index in [0.717, 1.165) is 12.1 Å². The first-order valence-corrected chi connectivity index (χ1v) is 10.7. The standard InChI is InChI=1S/C23H14Cl3F2N3O3/c1-2-33-22(20-18(27)4-3-5-19(20)28)31-23(32)30-13-8-16(25)21(17(26)9-13)34-14-7-6-12(11-29)15(24)10-14/h3-10H,2H2,1H3,(H,30,32). The average Bonchev–Trinajstić information content (AvgIpc) is 2.76. The maximum Gasteiger partial charge on any atom is 0.348 e. The molecule has 0 unspecified atom stereocenters. The molecule has 0 aliphatic rings. The van der Waals surface area contributed by atoms with Crippen LogP contribution in [0.4, 0.5) is 19.3 Å². The van der Waals surface area contributed by atoms with Crippen LogP contribution in [0.25, 0.3) is 0 Å². The fourth-order valence-electron chi connectivity index (χ4n) is 2.74. The van der Waals surface area contributed by atoms with E-state index in [0.29, 0.717) is 0 Å². The van der Waals surface area contributed by atoms with Crippen molar-refractivity contribution >= 4 is 52.4 Å². The van der Waals surface area contributed by atoms with Gasteiger partial charge >= 0.3 is 6.03 Å². The van der Waals surface area contributed by atoms with Gasteiger partial charge in [-0.2, -0.15) is 10.3 Å². The van der Waals surface area contributed by atoms with Crippen LogP contribution < -0.4 is 10.1 Å². The van der Waals surface area contributed by atoms with E-state index in [2.05, 4.69) is 10.3 Å². The summed E-state index contributed by atoms with van der Waals surface area (Å²) in [6.45, 7) is 1.59. The minimum absolute atomic E-state index is 0.0168. The van der Waals surface area contributed by atoms with E-state index >= 15 is 0 Å². The number of aliphatic imine (C=N–C) groups is 1. The molecule has 174 valence electrons. The molecule has 3 aromatic rings. The second kappa shape index (κ2) is 11.2. The van der Waals surface area contributed by atoms with Gasteiger partial charge in [0.15, 0.2) is 5.75 Å². The summed E-state index contributed by atoms with van der Waals surface area (Å²) in [6, 6.07) is 11.3. The van der Waals surface area contributed by atoms with Crippen molar-refractivity contribution in [2.24, 2.45) is 4.99 Å². The highest BCUT2D eigenvalue weighted by molar-refractivity contribution is 6.37. The number of carbonyl (C=O) groups is 1. The molecular formula is C23H14Cl3F2N3O3. The van der Waals surface area contributed by atoms with Gasteiger partial charge in [0.05, 0.1) is 27.2 Å². The lowest BCUT2D eigenvalue weighted by molar-refractivity contribution is 0.258. The van der Waals surface area contributed by atoms with Crippen LogP contribution >= 0.6 is 34.8 Å². The molecule has 34 heavy (non-hydrogen) atoms. The molecule has 0 fully saturated rings. The lowest BCUT2D eigenvalue weighted by atomic mass is 10.2. The van der Waals surface area contributed by atoms with E-state index in [1.54, 1.807) is 6.92 Å². The minimum atomic E-state index is -0.981. The Morgan fingerprint density at radius 2 is 1.71 bits per heavy atom. The summed E-state index contributed by atoms with van der Waals surface area (Å²) in [5.74, 6) is -2.03. The zero-order valence-electron chi connectivity index (χ0n) is 17.3. The van der Waals surface area contributed by atoms with Gasteiger partial charge in [-0.25, -0.2) is 13.6 Å². The number of nitrogens with one attached hydrogen (secondary N) is 1. The van der Waals surface area contributed by atoms with Crippen LogP contribution in [0.2, 0.25) is 15.1 Å². The first-order valence-electron chi connectivity index (χ1n) is 9.56. The highest BCUT2D eigenvalue weighted by Gasteiger charge is 2.19. The van der Waals surface area contributed by atoms with Crippen LogP contribution in [0.1, 0.15) is 18.1 Å². The van der Waals surface area contributed by atoms with Crippen LogP contribution in [-0.4, -0.2) is 18.5 Å². The molecule has 0 spiro atoms. The molecule has 0 saturated heterocycles. The van der Waals surface area contributed by atoms with Crippen molar-refractivity contribution in [3.05, 3.63) is 86.4 Å². The Morgan fingerprint density at radius 1 is 1.06 bits per heavy atom. The van der Waals surface area contributed by atoms with Crippen LogP contribution in [0, 0.1) is 23.0 Å². The maximum atomic E-state index is 14.1. The van der Waals surface area contributed by atoms with Gasteiger partial charge in [-0.05, 0) is 43.3 Å². The van der Waals surface area contributed by atoms with Gasteiger partial charge in [-0.3, -0.25) is 0 Å². The van der Waals surface area contributed by atoms with Crippen molar-refractivity contribution in [1.29, 1.82) is 5.26 Å². The monoisotopic (exact) mass is 523 g/mol. The van der Waals surface area contributed by atoms with Gasteiger partial charge in [-0.15, -0.1) is 0 Å². The van der Waals surface area contributed by atoms with E-state index in [1.165, 1.54) is 36.4 Å². The Morgan fingerprint density at radius 3 is 2.26 bits per heavy atom. The highest BCUT2D eigenvalue weighted by Crippen LogP contribution is 2.39. The molecular weight excluding hydrogens is 511 g/mol. The Balaban J connectivity index is 1.83. The number of nitrogens with zero attached hydrogens (tertiary/aromatic N) is 2. The number of nitriles is 1. The van der Waals surface area contributed by atoms with Gasteiger partial charge in [0.25, 0.3) is 0 Å². The maximum absolute atomic E-state index is 14.1. The molecule has 0 aromatic heterocycles. The molecule has 6 nitrogen and oxygen atoms in total. The van der Waals surface area contributed by atoms with Crippen molar-refractivity contribution in [1.82, 2.24) is 0 Å². The summed E-state index contributed by atoms with van der Waals surface area (Å²) in [6.07, 6.45) is 0. The van der Waals surface area contributed by atoms with Crippen LogP contribution in [0.5, 0.6) is 11.5 Å². The molecule has 0 aliphatic carbocycles. The number of benzene rings is 3. The van der Waals surface area contributed by atoms with Gasteiger partial charge in [0, 0.05) is 11.8 Å². The first-order chi connectivity index (χ1) is 16.2. The van der Waals surface area contributed by atoms with E-state index < -0.39 is 29.1 Å². The number of ether oxygens (including phenoxy) is 2. The van der Waals surface area contributed by atoms with Crippen molar-refractivity contribution in [2.75, 3.05) is 11.9 Å². The number of urea groups is 1. The van der Waals surface area contributed by atoms with Gasteiger partial charge in [-0.1, -0.05) is 40.9 Å². The largest absolute Gasteiger partial charge is 0.477 e. The lowest BCUT2D eigenvalue weighted by Crippen LogP contribution is -2.16. The minimum Gasteiger partial charge on any atom is -0.477 e. The molecule has 0 atom stereocenters. The Hall–Kier alpha value is -3.38. The molecule has 0 heterocycles. The fraction of sp³-hybridized carbons (Fsp3) is 0.0870. The molecule has 0 saturated carbocycles. The molecule has 2 amide bonds. The van der Waals surface area contributed by atoms with Crippen LogP contribution in [0.3, 0.4) is 0 Å². The van der Waals surface area contributed by atoms with Crippen molar-refractivity contribution < 1.29 is 23.0 Å². The third-order valence-corrected chi connectivity index (χ3v) is 5.07. The summed E-state index contributed by atoms with van der Waals surface area (Å²) < 4.78 is 39.0. The van der Waals surface area contributed by atoms with Crippen molar-refractivity contribution in [3.8, 4) is 17.6 Å². The average molecular weight is 525 g/mol. The quantitative estimate of drug-likeness (QED) is 0.275. The molecule has 0 bridgehead atoms. The second-order valence-electron chi connectivity index (χ2n) is 6.50. The molecule has 11 heteroatoms. The smallest absolute Gasteiger partial charge is 0.348 e. The Labute approximate surface area is 208 Å². The molecule has 1 N–H and O–H groups in total. The topological polar surface area (TPSA) is 83.7 Å². The number of hydrogen-bond donors (Lipinski definition) is 1. The van der Waals surface area contributed by atoms with Gasteiger partial charge in [0.2, 0.25) is 5.90 Å². The predicted molar refractivity (Wildman–Crippen MR) is 126 cm³/mol. The number of rotatable bonds is 5. The Kier molecular flexibility index (Phi) is 8.29. The first kappa shape index (κ1) is 25.2. The van der Waals surface area contributed by atoms with Crippen molar-refractivity contribution in [2.45, 2.75) is 6.92 Å². The predicted octanol–water partition coefficient (Wildman–Crippen LogP) is 7.60. The van der Waals surface area contributed by atoms with E-state index in [4.69, 9.17) is 49.5 Å². The lowest BCUT2D eigenvalue weighted by Gasteiger charge is -2.13. The third kappa shape index (κ3) is 5.94. The molecule has 3 rings (SSSR count). The molecule has 3 aromatic carbocycles. The zero-order chi connectivity index (χ0) is 24.8. The highest BCUT2D eigenvalue weighted by atomic mass is 35.5. The van der Waals surface area contributed by atoms with E-state index in [9.17, 15) is 13.6 Å². The molecule has 0 aliphatic heterocycles. The number of anilines is 1. The molecule has 0 radical (unpaired) electrons. The van der Waals surface area contributed by atoms with Crippen LogP contribution in [0.15, 0.2) is 53.5 Å². The van der Waals surface area contributed by atoms with Crippen molar-refractivity contribution in [3.63, 3.8) is 0 Å². The normalized spacial score (nSPS) is 11.0. The number of hydrogen-bond acceptors (Lipinski definition) is 4. The summed E-state index contributed by atoms with van der Waals surface area (Å²) in [7, 11) is 0. The Bertz CT molecular complexity index is 1280. The van der Waals surface area contributed by atoms with Crippen LogP contribution in [-0.2, 0) is 4.74 Å². The summed E-state index contributed by atoms with van der Waals surface area (Å²) in [5.41, 5.74) is -0.161. The number of halogens is 5. The number of amides is 2. The zero-order valence-corrected chi connectivity index (χ0v) is 19.6. The summed E-state index contributed by atoms with van der Waals surface area (Å²) in [4.78, 5) is 16.0. The summed E-state index contributed by atoms with van der Waals surface area (Å²) >= 11 is 18.5. The van der Waals surface area contributed by atoms with Gasteiger partial charge in [0.1, 0.15) is 29.0 Å². The third-order valence-electron chi connectivity index (χ3n) is 4.19. The SMILES string of the molecule is CCOC(=NC(=O)Nc1cc(Cl)c(Oc2ccc(C#N)c(Cl)c2)c(Cl)c1)c1c(F)cccc1F. The van der Waals surface area contributed by atoms with Gasteiger partial charge < -0.3 is 14.8 Å². The fourth-order valence-corrected chi connectivity index (χ4v) is 3.52. The van der Waals surface area contributed by atoms with E-state index in [1.807, 2.05) is 6.07 Å².